The molecule has 2 N–H and O–H groups in total. The molecule has 24 heavy (non-hydrogen) atoms. The molecular formula is C18H22N2O3S. The first-order chi connectivity index (χ1) is 11.3. The Bertz CT molecular complexity index is 797. The second-order valence-corrected chi connectivity index (χ2v) is 7.55. The van der Waals surface area contributed by atoms with Crippen molar-refractivity contribution in [1.29, 1.82) is 0 Å². The summed E-state index contributed by atoms with van der Waals surface area (Å²) in [5, 5.41) is 3.01. The van der Waals surface area contributed by atoms with Crippen LogP contribution in [0.25, 0.3) is 0 Å². The molecule has 5 nitrogen and oxygen atoms in total. The molecule has 0 fully saturated rings. The van der Waals surface area contributed by atoms with E-state index in [1.807, 2.05) is 38.1 Å². The molecule has 2 aromatic carbocycles. The third-order valence-corrected chi connectivity index (χ3v) is 4.25. The number of amides is 1. The number of benzene rings is 2. The highest BCUT2D eigenvalue weighted by Crippen LogP contribution is 2.18. The Morgan fingerprint density at radius 2 is 1.62 bits per heavy atom. The molecule has 1 amide bonds. The Morgan fingerprint density at radius 1 is 1.04 bits per heavy atom. The van der Waals surface area contributed by atoms with E-state index < -0.39 is 10.0 Å². The maximum Gasteiger partial charge on any atom is 0.251 e. The van der Waals surface area contributed by atoms with Gasteiger partial charge in [-0.1, -0.05) is 36.8 Å². The lowest BCUT2D eigenvalue weighted by Crippen LogP contribution is -2.28. The van der Waals surface area contributed by atoms with Gasteiger partial charge in [-0.2, -0.15) is 0 Å². The van der Waals surface area contributed by atoms with Crippen LogP contribution in [-0.4, -0.2) is 20.6 Å². The highest BCUT2D eigenvalue weighted by atomic mass is 32.2. The fourth-order valence-electron chi connectivity index (χ4n) is 2.37. The molecule has 0 aliphatic carbocycles. The van der Waals surface area contributed by atoms with Crippen LogP contribution in [0.15, 0.2) is 48.5 Å². The van der Waals surface area contributed by atoms with Crippen molar-refractivity contribution in [3.63, 3.8) is 0 Å². The second kappa shape index (κ2) is 7.49. The molecule has 2 rings (SSSR count). The van der Waals surface area contributed by atoms with Crippen molar-refractivity contribution < 1.29 is 13.2 Å². The van der Waals surface area contributed by atoms with Crippen LogP contribution in [-0.2, 0) is 10.0 Å². The molecule has 0 saturated carbocycles. The monoisotopic (exact) mass is 346 g/mol. The fourth-order valence-corrected chi connectivity index (χ4v) is 2.93. The Morgan fingerprint density at radius 3 is 2.12 bits per heavy atom. The van der Waals surface area contributed by atoms with Gasteiger partial charge >= 0.3 is 0 Å². The number of anilines is 1. The van der Waals surface area contributed by atoms with Gasteiger partial charge in [-0.15, -0.1) is 0 Å². The number of sulfonamides is 1. The third kappa shape index (κ3) is 5.09. The van der Waals surface area contributed by atoms with Gasteiger partial charge in [0.25, 0.3) is 5.91 Å². The zero-order valence-electron chi connectivity index (χ0n) is 14.0. The summed E-state index contributed by atoms with van der Waals surface area (Å²) < 4.78 is 24.8. The van der Waals surface area contributed by atoms with Gasteiger partial charge in [-0.05, 0) is 43.2 Å². The second-order valence-electron chi connectivity index (χ2n) is 5.80. The topological polar surface area (TPSA) is 75.3 Å². The highest BCUT2D eigenvalue weighted by molar-refractivity contribution is 7.92. The number of carbonyl (C=O) groups is 1. The lowest BCUT2D eigenvalue weighted by atomic mass is 10.0. The Balaban J connectivity index is 2.09. The van der Waals surface area contributed by atoms with Crippen LogP contribution < -0.4 is 10.0 Å². The Hall–Kier alpha value is -2.34. The molecule has 0 aromatic heterocycles. The number of hydrogen-bond donors (Lipinski definition) is 2. The molecule has 128 valence electrons. The first-order valence-electron chi connectivity index (χ1n) is 7.74. The first kappa shape index (κ1) is 18.0. The van der Waals surface area contributed by atoms with Crippen molar-refractivity contribution in [3.05, 3.63) is 65.2 Å². The van der Waals surface area contributed by atoms with Crippen LogP contribution in [0.4, 0.5) is 5.69 Å². The minimum absolute atomic E-state index is 0.0630. The predicted molar refractivity (Wildman–Crippen MR) is 96.6 cm³/mol. The average molecular weight is 346 g/mol. The van der Waals surface area contributed by atoms with Gasteiger partial charge in [0.05, 0.1) is 12.3 Å². The molecule has 1 atom stereocenters. The zero-order chi connectivity index (χ0) is 17.7. The van der Waals surface area contributed by atoms with Gasteiger partial charge in [0, 0.05) is 11.3 Å². The minimum Gasteiger partial charge on any atom is -0.345 e. The van der Waals surface area contributed by atoms with E-state index in [1.165, 1.54) is 5.56 Å². The number of hydrogen-bond acceptors (Lipinski definition) is 3. The molecule has 0 spiro atoms. The molecule has 2 aromatic rings. The van der Waals surface area contributed by atoms with E-state index in [9.17, 15) is 13.2 Å². The molecule has 0 aliphatic heterocycles. The van der Waals surface area contributed by atoms with E-state index in [-0.39, 0.29) is 11.9 Å². The number of carbonyl (C=O) groups excluding carboxylic acids is 1. The SMILES string of the molecule is CC[C@@H](NC(=O)c1ccc(NS(C)(=O)=O)cc1)c1ccc(C)cc1. The van der Waals surface area contributed by atoms with E-state index in [0.29, 0.717) is 11.3 Å². The Labute approximate surface area is 143 Å². The average Bonchev–Trinajstić information content (AvgIpc) is 2.52. The van der Waals surface area contributed by atoms with Gasteiger partial charge in [-0.25, -0.2) is 8.42 Å². The summed E-state index contributed by atoms with van der Waals surface area (Å²) in [5.74, 6) is -0.187. The van der Waals surface area contributed by atoms with Gasteiger partial charge in [0.1, 0.15) is 0 Å². The maximum atomic E-state index is 12.4. The predicted octanol–water partition coefficient (Wildman–Crippen LogP) is 3.25. The summed E-state index contributed by atoms with van der Waals surface area (Å²) in [5.41, 5.74) is 3.15. The van der Waals surface area contributed by atoms with Crippen LogP contribution in [0.1, 0.15) is 40.9 Å². The quantitative estimate of drug-likeness (QED) is 0.843. The van der Waals surface area contributed by atoms with Crippen molar-refractivity contribution in [1.82, 2.24) is 5.32 Å². The molecule has 0 bridgehead atoms. The summed E-state index contributed by atoms with van der Waals surface area (Å²) in [6.45, 7) is 4.04. The summed E-state index contributed by atoms with van der Waals surface area (Å²) in [6, 6.07) is 14.4. The smallest absolute Gasteiger partial charge is 0.251 e. The molecule has 0 heterocycles. The van der Waals surface area contributed by atoms with Crippen molar-refractivity contribution >= 4 is 21.6 Å². The summed E-state index contributed by atoms with van der Waals surface area (Å²) in [4.78, 5) is 12.4. The van der Waals surface area contributed by atoms with Gasteiger partial charge in [0.15, 0.2) is 0 Å². The maximum absolute atomic E-state index is 12.4. The molecular weight excluding hydrogens is 324 g/mol. The normalized spacial score (nSPS) is 12.5. The van der Waals surface area contributed by atoms with Crippen LogP contribution in [0.5, 0.6) is 0 Å². The summed E-state index contributed by atoms with van der Waals surface area (Å²) >= 11 is 0. The van der Waals surface area contributed by atoms with E-state index in [0.717, 1.165) is 18.2 Å². The zero-order valence-corrected chi connectivity index (χ0v) is 14.9. The van der Waals surface area contributed by atoms with Crippen LogP contribution in [0, 0.1) is 6.92 Å². The third-order valence-electron chi connectivity index (χ3n) is 3.64. The van der Waals surface area contributed by atoms with E-state index in [1.54, 1.807) is 24.3 Å². The Kier molecular flexibility index (Phi) is 5.62. The van der Waals surface area contributed by atoms with Gasteiger partial charge < -0.3 is 5.32 Å². The first-order valence-corrected chi connectivity index (χ1v) is 9.63. The van der Waals surface area contributed by atoms with Crippen molar-refractivity contribution in [2.45, 2.75) is 26.3 Å². The summed E-state index contributed by atoms with van der Waals surface area (Å²) in [7, 11) is -3.32. The van der Waals surface area contributed by atoms with Crippen molar-refractivity contribution in [2.75, 3.05) is 11.0 Å². The fraction of sp³-hybridized carbons (Fsp3) is 0.278. The molecule has 0 aliphatic rings. The molecule has 0 saturated heterocycles. The van der Waals surface area contributed by atoms with Crippen LogP contribution in [0.3, 0.4) is 0 Å². The van der Waals surface area contributed by atoms with Crippen molar-refractivity contribution in [3.8, 4) is 0 Å². The lowest BCUT2D eigenvalue weighted by Gasteiger charge is -2.18. The minimum atomic E-state index is -3.32. The standard InChI is InChI=1S/C18H22N2O3S/c1-4-17(14-7-5-13(2)6-8-14)19-18(21)15-9-11-16(12-10-15)20-24(3,22)23/h5-12,17,20H,4H2,1-3H3,(H,19,21)/t17-/m1/s1. The lowest BCUT2D eigenvalue weighted by molar-refractivity contribution is 0.0935. The van der Waals surface area contributed by atoms with Crippen LogP contribution in [0.2, 0.25) is 0 Å². The van der Waals surface area contributed by atoms with E-state index in [4.69, 9.17) is 0 Å². The highest BCUT2D eigenvalue weighted by Gasteiger charge is 2.14. The van der Waals surface area contributed by atoms with Gasteiger partial charge in [-0.3, -0.25) is 9.52 Å². The van der Waals surface area contributed by atoms with Crippen molar-refractivity contribution in [2.24, 2.45) is 0 Å². The van der Waals surface area contributed by atoms with Crippen LogP contribution >= 0.6 is 0 Å². The van der Waals surface area contributed by atoms with Gasteiger partial charge in [0.2, 0.25) is 10.0 Å². The molecule has 0 radical (unpaired) electrons. The molecule has 0 unspecified atom stereocenters. The summed E-state index contributed by atoms with van der Waals surface area (Å²) in [6.07, 6.45) is 1.86. The largest absolute Gasteiger partial charge is 0.345 e. The number of aryl methyl sites for hydroxylation is 1. The number of nitrogens with one attached hydrogen (secondary N) is 2. The number of rotatable bonds is 6. The van der Waals surface area contributed by atoms with E-state index >= 15 is 0 Å². The van der Waals surface area contributed by atoms with E-state index in [2.05, 4.69) is 10.0 Å². The molecule has 6 heteroatoms.